The third-order valence-corrected chi connectivity index (χ3v) is 5.01. The predicted molar refractivity (Wildman–Crippen MR) is 120 cm³/mol. The maximum absolute atomic E-state index is 12.9. The molecule has 0 aromatic heterocycles. The highest BCUT2D eigenvalue weighted by Gasteiger charge is 2.31. The smallest absolute Gasteiger partial charge is 0.344 e. The molecule has 1 N–H and O–H groups in total. The number of carbonyl (C=O) groups is 3. The van der Waals surface area contributed by atoms with Crippen molar-refractivity contribution >= 4 is 29.2 Å². The zero-order valence-corrected chi connectivity index (χ0v) is 17.5. The fourth-order valence-electron chi connectivity index (χ4n) is 3.52. The molecule has 1 heterocycles. The first kappa shape index (κ1) is 21.1. The van der Waals surface area contributed by atoms with Crippen molar-refractivity contribution in [1.29, 1.82) is 0 Å². The number of nitrogens with one attached hydrogen (secondary N) is 1. The second-order valence-electron chi connectivity index (χ2n) is 7.27. The van der Waals surface area contributed by atoms with E-state index in [0.717, 1.165) is 11.1 Å². The number of hydrogen-bond acceptors (Lipinski definition) is 5. The number of ether oxygens (including phenoxy) is 2. The molecule has 0 radical (unpaired) electrons. The van der Waals surface area contributed by atoms with E-state index in [9.17, 15) is 14.4 Å². The highest BCUT2D eigenvalue weighted by molar-refractivity contribution is 6.11. The molecule has 1 aliphatic heterocycles. The Kier molecular flexibility index (Phi) is 6.17. The van der Waals surface area contributed by atoms with Gasteiger partial charge in [0.2, 0.25) is 5.91 Å². The van der Waals surface area contributed by atoms with E-state index in [-0.39, 0.29) is 19.1 Å². The summed E-state index contributed by atoms with van der Waals surface area (Å²) in [5.74, 6) is -0.929. The van der Waals surface area contributed by atoms with Crippen molar-refractivity contribution in [3.05, 3.63) is 78.9 Å². The maximum atomic E-state index is 12.9. The summed E-state index contributed by atoms with van der Waals surface area (Å²) in [6.45, 7) is 0.991. The van der Waals surface area contributed by atoms with Crippen LogP contribution in [0, 0.1) is 0 Å². The minimum absolute atomic E-state index is 0.140. The summed E-state index contributed by atoms with van der Waals surface area (Å²) in [4.78, 5) is 38.5. The molecule has 1 atom stereocenters. The Bertz CT molecular complexity index is 1150. The van der Waals surface area contributed by atoms with E-state index in [0.29, 0.717) is 17.1 Å². The molecule has 0 fully saturated rings. The molecule has 0 saturated carbocycles. The van der Waals surface area contributed by atoms with Crippen molar-refractivity contribution in [2.45, 2.75) is 13.0 Å². The lowest BCUT2D eigenvalue weighted by molar-refractivity contribution is -0.155. The molecule has 7 heteroatoms. The number of benzene rings is 3. The zero-order chi connectivity index (χ0) is 22.5. The first-order valence-electron chi connectivity index (χ1n) is 10.2. The van der Waals surface area contributed by atoms with Gasteiger partial charge < -0.3 is 14.8 Å². The molecule has 7 nitrogen and oxygen atoms in total. The SMILES string of the molecule is CC(OC(=O)COc1ccccc1-c1ccccc1)C(=O)N1CC(=O)Nc2ccccc21. The van der Waals surface area contributed by atoms with Crippen LogP contribution in [0.1, 0.15) is 6.92 Å². The second-order valence-corrected chi connectivity index (χ2v) is 7.27. The standard InChI is InChI=1S/C25H22N2O5/c1-17(25(30)27-15-23(28)26-20-12-6-7-13-21(20)27)32-24(29)16-31-22-14-8-5-11-19(22)18-9-3-2-4-10-18/h2-14,17H,15-16H2,1H3,(H,26,28). The summed E-state index contributed by atoms with van der Waals surface area (Å²) >= 11 is 0. The molecule has 162 valence electrons. The van der Waals surface area contributed by atoms with Gasteiger partial charge in [0.1, 0.15) is 12.3 Å². The van der Waals surface area contributed by atoms with Gasteiger partial charge in [-0.1, -0.05) is 60.7 Å². The molecule has 32 heavy (non-hydrogen) atoms. The lowest BCUT2D eigenvalue weighted by atomic mass is 10.1. The molecule has 3 aromatic rings. The summed E-state index contributed by atoms with van der Waals surface area (Å²) < 4.78 is 11.0. The van der Waals surface area contributed by atoms with Gasteiger partial charge in [0, 0.05) is 5.56 Å². The Morgan fingerprint density at radius 3 is 2.47 bits per heavy atom. The number of nitrogens with zero attached hydrogens (tertiary/aromatic N) is 1. The number of para-hydroxylation sites is 3. The number of amides is 2. The third kappa shape index (κ3) is 4.62. The highest BCUT2D eigenvalue weighted by Crippen LogP contribution is 2.30. The molecule has 0 saturated heterocycles. The average molecular weight is 430 g/mol. The van der Waals surface area contributed by atoms with E-state index in [1.54, 1.807) is 30.3 Å². The van der Waals surface area contributed by atoms with Crippen molar-refractivity contribution in [2.75, 3.05) is 23.4 Å². The van der Waals surface area contributed by atoms with Crippen LogP contribution in [0.3, 0.4) is 0 Å². The van der Waals surface area contributed by atoms with Crippen LogP contribution in [-0.2, 0) is 19.1 Å². The zero-order valence-electron chi connectivity index (χ0n) is 17.5. The monoisotopic (exact) mass is 430 g/mol. The van der Waals surface area contributed by atoms with Gasteiger partial charge in [-0.05, 0) is 30.7 Å². The van der Waals surface area contributed by atoms with Gasteiger partial charge in [-0.3, -0.25) is 14.5 Å². The summed E-state index contributed by atoms with van der Waals surface area (Å²) in [5.41, 5.74) is 2.91. The van der Waals surface area contributed by atoms with Crippen LogP contribution in [0.15, 0.2) is 78.9 Å². The van der Waals surface area contributed by atoms with Gasteiger partial charge in [-0.25, -0.2) is 4.79 Å². The van der Waals surface area contributed by atoms with E-state index in [2.05, 4.69) is 5.32 Å². The Morgan fingerprint density at radius 1 is 0.969 bits per heavy atom. The van der Waals surface area contributed by atoms with Gasteiger partial charge in [0.05, 0.1) is 11.4 Å². The number of fused-ring (bicyclic) bond motifs is 1. The van der Waals surface area contributed by atoms with Gasteiger partial charge in [-0.15, -0.1) is 0 Å². The first-order valence-corrected chi connectivity index (χ1v) is 10.2. The van der Waals surface area contributed by atoms with Crippen molar-refractivity contribution in [2.24, 2.45) is 0 Å². The number of carbonyl (C=O) groups excluding carboxylic acids is 3. The van der Waals surface area contributed by atoms with E-state index < -0.39 is 18.0 Å². The van der Waals surface area contributed by atoms with Crippen molar-refractivity contribution in [3.8, 4) is 16.9 Å². The first-order chi connectivity index (χ1) is 15.5. The number of esters is 1. The lowest BCUT2D eigenvalue weighted by Gasteiger charge is -2.30. The minimum atomic E-state index is -1.07. The number of rotatable bonds is 6. The Hall–Kier alpha value is -4.13. The molecule has 4 rings (SSSR count). The van der Waals surface area contributed by atoms with E-state index in [1.807, 2.05) is 48.5 Å². The van der Waals surface area contributed by atoms with Crippen LogP contribution in [0.4, 0.5) is 11.4 Å². The fraction of sp³-hybridized carbons (Fsp3) is 0.160. The molecule has 0 spiro atoms. The number of anilines is 2. The minimum Gasteiger partial charge on any atom is -0.481 e. The van der Waals surface area contributed by atoms with Crippen molar-refractivity contribution < 1.29 is 23.9 Å². The van der Waals surface area contributed by atoms with E-state index in [1.165, 1.54) is 11.8 Å². The number of hydrogen-bond donors (Lipinski definition) is 1. The van der Waals surface area contributed by atoms with Crippen molar-refractivity contribution in [1.82, 2.24) is 0 Å². The third-order valence-electron chi connectivity index (χ3n) is 5.01. The van der Waals surface area contributed by atoms with Crippen LogP contribution in [0.2, 0.25) is 0 Å². The molecule has 2 amide bonds. The van der Waals surface area contributed by atoms with Crippen LogP contribution in [0.5, 0.6) is 5.75 Å². The Balaban J connectivity index is 1.39. The highest BCUT2D eigenvalue weighted by atomic mass is 16.6. The van der Waals surface area contributed by atoms with E-state index in [4.69, 9.17) is 9.47 Å². The van der Waals surface area contributed by atoms with Gasteiger partial charge in [-0.2, -0.15) is 0 Å². The largest absolute Gasteiger partial charge is 0.481 e. The van der Waals surface area contributed by atoms with Crippen LogP contribution in [-0.4, -0.2) is 37.0 Å². The molecular weight excluding hydrogens is 408 g/mol. The molecule has 1 unspecified atom stereocenters. The van der Waals surface area contributed by atoms with Crippen LogP contribution >= 0.6 is 0 Å². The lowest BCUT2D eigenvalue weighted by Crippen LogP contribution is -2.47. The maximum Gasteiger partial charge on any atom is 0.344 e. The van der Waals surface area contributed by atoms with Gasteiger partial charge >= 0.3 is 5.97 Å². The predicted octanol–water partition coefficient (Wildman–Crippen LogP) is 3.65. The summed E-state index contributed by atoms with van der Waals surface area (Å²) in [7, 11) is 0. The Labute approximate surface area is 185 Å². The molecular formula is C25H22N2O5. The Morgan fingerprint density at radius 2 is 1.66 bits per heavy atom. The van der Waals surface area contributed by atoms with Crippen molar-refractivity contribution in [3.63, 3.8) is 0 Å². The normalized spacial score (nSPS) is 13.5. The molecule has 0 aliphatic carbocycles. The van der Waals surface area contributed by atoms with Crippen LogP contribution in [0.25, 0.3) is 11.1 Å². The van der Waals surface area contributed by atoms with Gasteiger partial charge in [0.25, 0.3) is 5.91 Å². The van der Waals surface area contributed by atoms with E-state index >= 15 is 0 Å². The topological polar surface area (TPSA) is 84.9 Å². The summed E-state index contributed by atoms with van der Waals surface area (Å²) in [5, 5.41) is 2.72. The molecule has 0 bridgehead atoms. The quantitative estimate of drug-likeness (QED) is 0.604. The fourth-order valence-corrected chi connectivity index (χ4v) is 3.52. The van der Waals surface area contributed by atoms with Crippen LogP contribution < -0.4 is 15.0 Å². The summed E-state index contributed by atoms with van der Waals surface area (Å²) in [6, 6.07) is 24.0. The summed E-state index contributed by atoms with van der Waals surface area (Å²) in [6.07, 6.45) is -1.07. The second kappa shape index (κ2) is 9.34. The molecule has 3 aromatic carbocycles. The average Bonchev–Trinajstić information content (AvgIpc) is 2.82. The molecule has 1 aliphatic rings. The van der Waals surface area contributed by atoms with Gasteiger partial charge in [0.15, 0.2) is 12.7 Å².